The molecule has 0 aromatic heterocycles. The van der Waals surface area contributed by atoms with E-state index < -0.39 is 0 Å². The van der Waals surface area contributed by atoms with Crippen molar-refractivity contribution in [3.63, 3.8) is 0 Å². The van der Waals surface area contributed by atoms with Crippen molar-refractivity contribution in [2.75, 3.05) is 6.61 Å². The van der Waals surface area contributed by atoms with Crippen LogP contribution in [-0.2, 0) is 4.74 Å². The standard InChI is InChI=1S/C7H7NO/c8-4-3-7-2-1-5-9-6-7/h1-2,5H,3,6H2. The summed E-state index contributed by atoms with van der Waals surface area (Å²) in [6, 6.07) is 2.06. The summed E-state index contributed by atoms with van der Waals surface area (Å²) in [4.78, 5) is 0. The minimum Gasteiger partial charge on any atom is -0.497 e. The summed E-state index contributed by atoms with van der Waals surface area (Å²) in [6.45, 7) is 0.573. The summed E-state index contributed by atoms with van der Waals surface area (Å²) < 4.78 is 4.93. The van der Waals surface area contributed by atoms with E-state index in [0.29, 0.717) is 13.0 Å². The molecule has 46 valence electrons. The molecule has 0 aromatic rings. The summed E-state index contributed by atoms with van der Waals surface area (Å²) in [5.74, 6) is 0. The van der Waals surface area contributed by atoms with Crippen molar-refractivity contribution in [2.45, 2.75) is 6.42 Å². The van der Waals surface area contributed by atoms with Gasteiger partial charge in [0.25, 0.3) is 0 Å². The van der Waals surface area contributed by atoms with Gasteiger partial charge in [0.2, 0.25) is 0 Å². The molecule has 0 aromatic carbocycles. The molecule has 0 aliphatic carbocycles. The van der Waals surface area contributed by atoms with Gasteiger partial charge in [-0.25, -0.2) is 0 Å². The molecule has 0 saturated carbocycles. The van der Waals surface area contributed by atoms with Crippen molar-refractivity contribution in [1.29, 1.82) is 5.26 Å². The van der Waals surface area contributed by atoms with Gasteiger partial charge in [-0.05, 0) is 11.6 Å². The van der Waals surface area contributed by atoms with E-state index in [2.05, 4.69) is 6.07 Å². The highest BCUT2D eigenvalue weighted by Gasteiger charge is 1.96. The third-order valence-electron chi connectivity index (χ3n) is 1.08. The minimum atomic E-state index is 0.477. The van der Waals surface area contributed by atoms with E-state index in [4.69, 9.17) is 10.00 Å². The van der Waals surface area contributed by atoms with E-state index in [1.54, 1.807) is 12.3 Å². The van der Waals surface area contributed by atoms with Gasteiger partial charge in [0.05, 0.1) is 18.8 Å². The Labute approximate surface area is 54.0 Å². The number of ether oxygens (including phenoxy) is 1. The van der Waals surface area contributed by atoms with Crippen LogP contribution in [0.15, 0.2) is 24.0 Å². The molecular formula is C7H7NO. The molecule has 0 atom stereocenters. The number of hydrogen-bond donors (Lipinski definition) is 0. The van der Waals surface area contributed by atoms with Gasteiger partial charge in [-0.1, -0.05) is 6.08 Å². The summed E-state index contributed by atoms with van der Waals surface area (Å²) in [5, 5.41) is 8.25. The van der Waals surface area contributed by atoms with Gasteiger partial charge in [0.15, 0.2) is 0 Å². The first kappa shape index (κ1) is 5.90. The maximum Gasteiger partial charge on any atom is 0.110 e. The molecule has 1 aliphatic rings. The first-order chi connectivity index (χ1) is 4.43. The molecule has 0 radical (unpaired) electrons. The Hall–Kier alpha value is -1.23. The molecule has 0 N–H and O–H groups in total. The van der Waals surface area contributed by atoms with E-state index in [1.165, 1.54) is 0 Å². The van der Waals surface area contributed by atoms with Crippen LogP contribution >= 0.6 is 0 Å². The number of rotatable bonds is 1. The van der Waals surface area contributed by atoms with Crippen LogP contribution in [0.5, 0.6) is 0 Å². The van der Waals surface area contributed by atoms with Gasteiger partial charge in [-0.15, -0.1) is 0 Å². The third-order valence-corrected chi connectivity index (χ3v) is 1.08. The molecule has 1 rings (SSSR count). The van der Waals surface area contributed by atoms with Crippen LogP contribution in [0, 0.1) is 11.3 Å². The quantitative estimate of drug-likeness (QED) is 0.525. The largest absolute Gasteiger partial charge is 0.497 e. The maximum atomic E-state index is 8.25. The average Bonchev–Trinajstić information content (AvgIpc) is 1.91. The summed E-state index contributed by atoms with van der Waals surface area (Å²) in [7, 11) is 0. The molecular weight excluding hydrogens is 114 g/mol. The van der Waals surface area contributed by atoms with Gasteiger partial charge < -0.3 is 4.74 Å². The molecule has 0 fully saturated rings. The normalized spacial score (nSPS) is 15.7. The monoisotopic (exact) mass is 121 g/mol. The van der Waals surface area contributed by atoms with E-state index in [9.17, 15) is 0 Å². The van der Waals surface area contributed by atoms with Gasteiger partial charge >= 0.3 is 0 Å². The van der Waals surface area contributed by atoms with Crippen LogP contribution < -0.4 is 0 Å². The maximum absolute atomic E-state index is 8.25. The summed E-state index contributed by atoms with van der Waals surface area (Å²) in [5.41, 5.74) is 1.04. The number of allylic oxidation sites excluding steroid dienone is 2. The average molecular weight is 121 g/mol. The summed E-state index contributed by atoms with van der Waals surface area (Å²) in [6.07, 6.45) is 5.81. The second-order valence-corrected chi connectivity index (χ2v) is 1.80. The minimum absolute atomic E-state index is 0.477. The van der Waals surface area contributed by atoms with Crippen LogP contribution in [0.2, 0.25) is 0 Å². The van der Waals surface area contributed by atoms with E-state index >= 15 is 0 Å². The van der Waals surface area contributed by atoms with E-state index in [-0.39, 0.29) is 0 Å². The van der Waals surface area contributed by atoms with Crippen molar-refractivity contribution in [3.8, 4) is 6.07 Å². The van der Waals surface area contributed by atoms with Crippen LogP contribution in [0.4, 0.5) is 0 Å². The lowest BCUT2D eigenvalue weighted by Crippen LogP contribution is -1.95. The zero-order valence-corrected chi connectivity index (χ0v) is 5.00. The van der Waals surface area contributed by atoms with Crippen molar-refractivity contribution >= 4 is 0 Å². The molecule has 0 unspecified atom stereocenters. The Morgan fingerprint density at radius 1 is 1.78 bits per heavy atom. The number of nitriles is 1. The first-order valence-electron chi connectivity index (χ1n) is 2.76. The lowest BCUT2D eigenvalue weighted by Gasteiger charge is -2.04. The molecule has 2 nitrogen and oxygen atoms in total. The van der Waals surface area contributed by atoms with Crippen LogP contribution in [-0.4, -0.2) is 6.61 Å². The molecule has 0 saturated heterocycles. The second-order valence-electron chi connectivity index (χ2n) is 1.80. The van der Waals surface area contributed by atoms with Gasteiger partial charge in [-0.2, -0.15) is 5.26 Å². The van der Waals surface area contributed by atoms with Crippen molar-refractivity contribution in [2.24, 2.45) is 0 Å². The van der Waals surface area contributed by atoms with Crippen molar-refractivity contribution < 1.29 is 4.74 Å². The Balaban J connectivity index is 2.50. The first-order valence-corrected chi connectivity index (χ1v) is 2.76. The Bertz CT molecular complexity index is 186. The fourth-order valence-electron chi connectivity index (χ4n) is 0.646. The molecule has 0 amide bonds. The zero-order chi connectivity index (χ0) is 6.53. The lowest BCUT2D eigenvalue weighted by atomic mass is 10.2. The molecule has 2 heteroatoms. The van der Waals surface area contributed by atoms with Crippen molar-refractivity contribution in [3.05, 3.63) is 24.0 Å². The van der Waals surface area contributed by atoms with Crippen LogP contribution in [0.3, 0.4) is 0 Å². The highest BCUT2D eigenvalue weighted by atomic mass is 16.5. The van der Waals surface area contributed by atoms with E-state index in [1.807, 2.05) is 6.08 Å². The SMILES string of the molecule is N#CCC1=CC=COC1. The zero-order valence-electron chi connectivity index (χ0n) is 5.00. The van der Waals surface area contributed by atoms with Crippen LogP contribution in [0.25, 0.3) is 0 Å². The summed E-state index contributed by atoms with van der Waals surface area (Å²) >= 11 is 0. The van der Waals surface area contributed by atoms with Crippen LogP contribution in [0.1, 0.15) is 6.42 Å². The molecule has 9 heavy (non-hydrogen) atoms. The molecule has 0 spiro atoms. The Kier molecular flexibility index (Phi) is 1.92. The second kappa shape index (κ2) is 2.93. The van der Waals surface area contributed by atoms with E-state index in [0.717, 1.165) is 5.57 Å². The highest BCUT2D eigenvalue weighted by molar-refractivity contribution is 5.17. The topological polar surface area (TPSA) is 33.0 Å². The Morgan fingerprint density at radius 3 is 3.22 bits per heavy atom. The van der Waals surface area contributed by atoms with Gasteiger partial charge in [-0.3, -0.25) is 0 Å². The smallest absolute Gasteiger partial charge is 0.110 e. The fourth-order valence-corrected chi connectivity index (χ4v) is 0.646. The lowest BCUT2D eigenvalue weighted by molar-refractivity contribution is 0.274. The Morgan fingerprint density at radius 2 is 2.67 bits per heavy atom. The fraction of sp³-hybridized carbons (Fsp3) is 0.286. The molecule has 1 aliphatic heterocycles. The number of hydrogen-bond acceptors (Lipinski definition) is 2. The predicted octanol–water partition coefficient (Wildman–Crippen LogP) is 1.37. The highest BCUT2D eigenvalue weighted by Crippen LogP contribution is 2.05. The number of nitrogens with zero attached hydrogens (tertiary/aromatic N) is 1. The van der Waals surface area contributed by atoms with Gasteiger partial charge in [0.1, 0.15) is 6.61 Å². The van der Waals surface area contributed by atoms with Gasteiger partial charge in [0, 0.05) is 0 Å². The predicted molar refractivity (Wildman–Crippen MR) is 33.4 cm³/mol. The van der Waals surface area contributed by atoms with Crippen molar-refractivity contribution in [1.82, 2.24) is 0 Å². The molecule has 1 heterocycles. The third kappa shape index (κ3) is 1.61. The molecule has 0 bridgehead atoms.